The molecule has 1 aromatic carbocycles. The molecular weight excluding hydrogens is 288 g/mol. The Morgan fingerprint density at radius 3 is 2.09 bits per heavy atom. The fourth-order valence-electron chi connectivity index (χ4n) is 2.02. The molecule has 1 rings (SSSR count). The van der Waals surface area contributed by atoms with E-state index in [9.17, 15) is 14.4 Å². The van der Waals surface area contributed by atoms with E-state index in [0.29, 0.717) is 19.3 Å². The van der Waals surface area contributed by atoms with Crippen LogP contribution in [0.1, 0.15) is 48.0 Å². The van der Waals surface area contributed by atoms with Gasteiger partial charge in [0.2, 0.25) is 0 Å². The van der Waals surface area contributed by atoms with Gasteiger partial charge >= 0.3 is 11.9 Å². The van der Waals surface area contributed by atoms with Crippen LogP contribution in [0.15, 0.2) is 29.4 Å². The van der Waals surface area contributed by atoms with Gasteiger partial charge in [0, 0.05) is 18.4 Å². The van der Waals surface area contributed by atoms with E-state index in [2.05, 4.69) is 5.10 Å². The average molecular weight is 306 g/mol. The smallest absolute Gasteiger partial charge is 0.336 e. The normalized spacial score (nSPS) is 11.2. The molecule has 0 atom stereocenters. The Hall–Kier alpha value is -2.70. The molecule has 1 aromatic rings. The highest BCUT2D eigenvalue weighted by Gasteiger charge is 2.19. The van der Waals surface area contributed by atoms with Crippen LogP contribution in [-0.4, -0.2) is 33.6 Å². The van der Waals surface area contributed by atoms with Crippen LogP contribution in [0.2, 0.25) is 0 Å². The molecular formula is C15H18N2O5. The lowest BCUT2D eigenvalue weighted by molar-refractivity contribution is -0.137. The third kappa shape index (κ3) is 5.01. The number of rotatable bonds is 9. The number of carbonyl (C=O) groups is 3. The van der Waals surface area contributed by atoms with Gasteiger partial charge in [-0.05, 0) is 18.9 Å². The zero-order valence-corrected chi connectivity index (χ0v) is 12.0. The van der Waals surface area contributed by atoms with Crippen molar-refractivity contribution in [2.24, 2.45) is 10.9 Å². The third-order valence-corrected chi connectivity index (χ3v) is 3.10. The molecule has 0 aliphatic carbocycles. The van der Waals surface area contributed by atoms with Crippen molar-refractivity contribution < 1.29 is 24.6 Å². The van der Waals surface area contributed by atoms with Crippen LogP contribution >= 0.6 is 0 Å². The number of aromatic carboxylic acids is 1. The molecule has 7 nitrogen and oxygen atoms in total. The van der Waals surface area contributed by atoms with Crippen molar-refractivity contribution in [1.29, 1.82) is 0 Å². The second kappa shape index (κ2) is 8.56. The predicted octanol–water partition coefficient (Wildman–Crippen LogP) is 1.65. The van der Waals surface area contributed by atoms with Crippen molar-refractivity contribution in [3.8, 4) is 0 Å². The molecule has 0 amide bonds. The number of hydrogen-bond acceptors (Lipinski definition) is 5. The van der Waals surface area contributed by atoms with Crippen molar-refractivity contribution in [2.45, 2.75) is 32.1 Å². The number of benzene rings is 1. The number of hydrazone groups is 1. The molecule has 4 N–H and O–H groups in total. The minimum absolute atomic E-state index is 0.0362. The Labute approximate surface area is 127 Å². The number of carboxylic acid groups (broad SMARTS) is 2. The molecule has 0 saturated heterocycles. The summed E-state index contributed by atoms with van der Waals surface area (Å²) in [4.78, 5) is 33.7. The summed E-state index contributed by atoms with van der Waals surface area (Å²) in [6.45, 7) is 0. The van der Waals surface area contributed by atoms with Gasteiger partial charge in [0.25, 0.3) is 0 Å². The lowest BCUT2D eigenvalue weighted by Crippen LogP contribution is -2.20. The summed E-state index contributed by atoms with van der Waals surface area (Å²) in [6.07, 6.45) is 1.79. The number of carbonyl (C=O) groups excluding carboxylic acids is 1. The highest BCUT2D eigenvalue weighted by molar-refractivity contribution is 6.47. The number of Topliss-reactive ketones (excluding diaryl/α,β-unsaturated/α-hetero) is 1. The van der Waals surface area contributed by atoms with Crippen LogP contribution < -0.4 is 5.84 Å². The molecule has 0 bridgehead atoms. The van der Waals surface area contributed by atoms with Crippen LogP contribution in [0.4, 0.5) is 0 Å². The van der Waals surface area contributed by atoms with Crippen LogP contribution in [-0.2, 0) is 9.59 Å². The van der Waals surface area contributed by atoms with Gasteiger partial charge < -0.3 is 16.1 Å². The van der Waals surface area contributed by atoms with Crippen molar-refractivity contribution in [3.63, 3.8) is 0 Å². The van der Waals surface area contributed by atoms with E-state index < -0.39 is 11.9 Å². The molecule has 0 heterocycles. The van der Waals surface area contributed by atoms with Gasteiger partial charge in [-0.3, -0.25) is 9.59 Å². The van der Waals surface area contributed by atoms with Crippen molar-refractivity contribution in [2.75, 3.05) is 0 Å². The Balaban J connectivity index is 2.71. The first-order chi connectivity index (χ1) is 10.5. The number of aliphatic carboxylic acids is 1. The summed E-state index contributed by atoms with van der Waals surface area (Å²) in [5.74, 6) is 2.86. The van der Waals surface area contributed by atoms with Gasteiger partial charge in [-0.2, -0.15) is 5.10 Å². The van der Waals surface area contributed by atoms with Gasteiger partial charge in [0.15, 0.2) is 5.78 Å². The molecule has 0 radical (unpaired) electrons. The fourth-order valence-corrected chi connectivity index (χ4v) is 2.02. The molecule has 0 fully saturated rings. The Morgan fingerprint density at radius 2 is 1.55 bits per heavy atom. The topological polar surface area (TPSA) is 130 Å². The second-order valence-corrected chi connectivity index (χ2v) is 4.71. The molecule has 118 valence electrons. The fraction of sp³-hybridized carbons (Fsp3) is 0.333. The number of nitrogens with zero attached hydrogens (tertiary/aromatic N) is 1. The maximum Gasteiger partial charge on any atom is 0.336 e. The zero-order valence-electron chi connectivity index (χ0n) is 12.0. The van der Waals surface area contributed by atoms with E-state index in [1.54, 1.807) is 12.1 Å². The van der Waals surface area contributed by atoms with Gasteiger partial charge in [-0.1, -0.05) is 24.6 Å². The largest absolute Gasteiger partial charge is 0.481 e. The zero-order chi connectivity index (χ0) is 16.5. The maximum absolute atomic E-state index is 12.1. The van der Waals surface area contributed by atoms with E-state index in [-0.39, 0.29) is 35.5 Å². The van der Waals surface area contributed by atoms with E-state index >= 15 is 0 Å². The Kier molecular flexibility index (Phi) is 6.75. The van der Waals surface area contributed by atoms with E-state index in [4.69, 9.17) is 16.1 Å². The van der Waals surface area contributed by atoms with Crippen molar-refractivity contribution in [1.82, 2.24) is 0 Å². The molecule has 0 spiro atoms. The summed E-state index contributed by atoms with van der Waals surface area (Å²) in [5, 5.41) is 21.1. The van der Waals surface area contributed by atoms with E-state index in [1.807, 2.05) is 0 Å². The third-order valence-electron chi connectivity index (χ3n) is 3.10. The number of nitrogens with two attached hydrogens (primary N) is 1. The molecule has 0 unspecified atom stereocenters. The highest BCUT2D eigenvalue weighted by Crippen LogP contribution is 2.13. The summed E-state index contributed by atoms with van der Waals surface area (Å²) >= 11 is 0. The Morgan fingerprint density at radius 1 is 0.955 bits per heavy atom. The van der Waals surface area contributed by atoms with Gasteiger partial charge in [-0.25, -0.2) is 4.79 Å². The van der Waals surface area contributed by atoms with Gasteiger partial charge in [0.05, 0.1) is 5.56 Å². The van der Waals surface area contributed by atoms with Crippen LogP contribution in [0.3, 0.4) is 0 Å². The van der Waals surface area contributed by atoms with Crippen LogP contribution in [0, 0.1) is 0 Å². The molecule has 0 aromatic heterocycles. The van der Waals surface area contributed by atoms with Crippen molar-refractivity contribution in [3.05, 3.63) is 35.4 Å². The van der Waals surface area contributed by atoms with Gasteiger partial charge in [0.1, 0.15) is 5.71 Å². The summed E-state index contributed by atoms with van der Waals surface area (Å²) in [7, 11) is 0. The van der Waals surface area contributed by atoms with E-state index in [0.717, 1.165) is 0 Å². The molecule has 7 heteroatoms. The minimum Gasteiger partial charge on any atom is -0.481 e. The molecule has 0 saturated carbocycles. The first-order valence-corrected chi connectivity index (χ1v) is 6.83. The molecule has 0 aliphatic heterocycles. The number of hydrogen-bond donors (Lipinski definition) is 3. The lowest BCUT2D eigenvalue weighted by atomic mass is 9.97. The SMILES string of the molecule is NN=C(C(=O)CCCCCC(=O)O)c1ccccc1C(=O)O. The Bertz CT molecular complexity index is 595. The number of unbranched alkanes of at least 4 members (excludes halogenated alkanes) is 2. The highest BCUT2D eigenvalue weighted by atomic mass is 16.4. The molecule has 22 heavy (non-hydrogen) atoms. The molecule has 0 aliphatic rings. The van der Waals surface area contributed by atoms with E-state index in [1.165, 1.54) is 12.1 Å². The average Bonchev–Trinajstić information content (AvgIpc) is 2.47. The second-order valence-electron chi connectivity index (χ2n) is 4.71. The van der Waals surface area contributed by atoms with Crippen molar-refractivity contribution >= 4 is 23.4 Å². The van der Waals surface area contributed by atoms with Gasteiger partial charge in [-0.15, -0.1) is 0 Å². The lowest BCUT2D eigenvalue weighted by Gasteiger charge is -2.07. The predicted molar refractivity (Wildman–Crippen MR) is 79.9 cm³/mol. The number of carboxylic acids is 2. The first-order valence-electron chi connectivity index (χ1n) is 6.83. The number of ketones is 1. The summed E-state index contributed by atoms with van der Waals surface area (Å²) in [6, 6.07) is 6.02. The summed E-state index contributed by atoms with van der Waals surface area (Å²) in [5.41, 5.74) is 0.0789. The standard InChI is InChI=1S/C15H18N2O5/c16-17-14(10-6-4-5-7-11(10)15(21)22)12(18)8-2-1-3-9-13(19)20/h4-7H,1-3,8-9,16H2,(H,19,20)(H,21,22). The quantitative estimate of drug-likeness (QED) is 0.275. The van der Waals surface area contributed by atoms with Crippen LogP contribution in [0.25, 0.3) is 0 Å². The first kappa shape index (κ1) is 17.4. The minimum atomic E-state index is -1.16. The van der Waals surface area contributed by atoms with Crippen LogP contribution in [0.5, 0.6) is 0 Å². The monoisotopic (exact) mass is 306 g/mol. The summed E-state index contributed by atoms with van der Waals surface area (Å²) < 4.78 is 0. The maximum atomic E-state index is 12.1.